The number of nitrogens with one attached hydrogen (secondary N) is 1. The van der Waals surface area contributed by atoms with Crippen LogP contribution in [0.25, 0.3) is 0 Å². The van der Waals surface area contributed by atoms with Crippen LogP contribution in [-0.4, -0.2) is 82.8 Å². The predicted octanol–water partition coefficient (Wildman–Crippen LogP) is 2.49. The van der Waals surface area contributed by atoms with Crippen molar-refractivity contribution in [3.63, 3.8) is 0 Å². The molecule has 0 saturated carbocycles. The number of carbonyl (C=O) groups excluding carboxylic acids is 2. The van der Waals surface area contributed by atoms with E-state index in [1.54, 1.807) is 12.1 Å². The molecule has 0 radical (unpaired) electrons. The molecule has 9 nitrogen and oxygen atoms in total. The van der Waals surface area contributed by atoms with E-state index in [4.69, 9.17) is 4.74 Å². The number of anilines is 2. The monoisotopic (exact) mass is 546 g/mol. The van der Waals surface area contributed by atoms with Crippen molar-refractivity contribution < 1.29 is 22.7 Å². The summed E-state index contributed by atoms with van der Waals surface area (Å²) in [5.74, 6) is -0.283. The van der Waals surface area contributed by atoms with Gasteiger partial charge < -0.3 is 19.9 Å². The van der Waals surface area contributed by atoms with Crippen LogP contribution >= 0.6 is 11.8 Å². The summed E-state index contributed by atoms with van der Waals surface area (Å²) >= 11 is 1.35. The first-order valence-electron chi connectivity index (χ1n) is 12.5. The Morgan fingerprint density at radius 1 is 1.16 bits per heavy atom. The number of hydrogen-bond donors (Lipinski definition) is 1. The predicted molar refractivity (Wildman–Crippen MR) is 146 cm³/mol. The van der Waals surface area contributed by atoms with Gasteiger partial charge in [0.15, 0.2) is 0 Å². The molecule has 2 aliphatic heterocycles. The number of aryl methyl sites for hydroxylation is 1. The average Bonchev–Trinajstić information content (AvgIpc) is 2.90. The summed E-state index contributed by atoms with van der Waals surface area (Å²) in [7, 11) is -3.72. The second-order valence-electron chi connectivity index (χ2n) is 9.04. The van der Waals surface area contributed by atoms with E-state index < -0.39 is 10.0 Å². The maximum absolute atomic E-state index is 13.1. The molecule has 2 aliphatic rings. The Bertz CT molecular complexity index is 1230. The Kier molecular flexibility index (Phi) is 9.12. The highest BCUT2D eigenvalue weighted by atomic mass is 32.2. The molecule has 1 N–H and O–H groups in total. The van der Waals surface area contributed by atoms with Gasteiger partial charge in [0.05, 0.1) is 29.5 Å². The van der Waals surface area contributed by atoms with E-state index in [9.17, 15) is 18.0 Å². The molecular formula is C26H34N4O5S2. The zero-order chi connectivity index (χ0) is 26.4. The summed E-state index contributed by atoms with van der Waals surface area (Å²) in [5.41, 5.74) is 2.82. The first-order chi connectivity index (χ1) is 17.8. The van der Waals surface area contributed by atoms with Crippen LogP contribution in [0.5, 0.6) is 0 Å². The lowest BCUT2D eigenvalue weighted by Crippen LogP contribution is -2.44. The van der Waals surface area contributed by atoms with Gasteiger partial charge in [0, 0.05) is 43.3 Å². The van der Waals surface area contributed by atoms with E-state index >= 15 is 0 Å². The highest BCUT2D eigenvalue weighted by Gasteiger charge is 2.31. The zero-order valence-corrected chi connectivity index (χ0v) is 22.9. The van der Waals surface area contributed by atoms with E-state index in [0.717, 1.165) is 30.1 Å². The summed E-state index contributed by atoms with van der Waals surface area (Å²) in [4.78, 5) is 30.1. The lowest BCUT2D eigenvalue weighted by atomic mass is 10.2. The molecule has 0 atom stereocenters. The molecule has 2 aromatic carbocycles. The van der Waals surface area contributed by atoms with Gasteiger partial charge in [0.2, 0.25) is 21.8 Å². The number of fused-ring (bicyclic) bond motifs is 1. The SMILES string of the molecule is CCN(CCCNC(=O)CN1C(=O)CSc2ccc(S(=O)(=O)N3CCOCC3)cc21)c1cccc(C)c1. The second kappa shape index (κ2) is 12.3. The fourth-order valence-corrected chi connectivity index (χ4v) is 6.79. The molecule has 200 valence electrons. The minimum absolute atomic E-state index is 0.115. The number of morpholine rings is 1. The summed E-state index contributed by atoms with van der Waals surface area (Å²) in [6.45, 7) is 7.45. The van der Waals surface area contributed by atoms with Crippen molar-refractivity contribution in [1.29, 1.82) is 0 Å². The number of sulfonamides is 1. The van der Waals surface area contributed by atoms with Gasteiger partial charge in [-0.25, -0.2) is 8.42 Å². The third-order valence-electron chi connectivity index (χ3n) is 6.46. The number of nitrogens with zero attached hydrogens (tertiary/aromatic N) is 3. The third-order valence-corrected chi connectivity index (χ3v) is 9.40. The number of amides is 2. The maximum Gasteiger partial charge on any atom is 0.243 e. The molecule has 4 rings (SSSR count). The number of ether oxygens (including phenoxy) is 1. The van der Waals surface area contributed by atoms with Crippen molar-refractivity contribution in [3.05, 3.63) is 48.0 Å². The molecule has 2 aromatic rings. The number of thioether (sulfide) groups is 1. The Morgan fingerprint density at radius 2 is 1.95 bits per heavy atom. The van der Waals surface area contributed by atoms with Gasteiger partial charge >= 0.3 is 0 Å². The molecule has 11 heteroatoms. The van der Waals surface area contributed by atoms with Crippen LogP contribution in [0.15, 0.2) is 52.3 Å². The van der Waals surface area contributed by atoms with Crippen LogP contribution in [0.2, 0.25) is 0 Å². The minimum atomic E-state index is -3.72. The van der Waals surface area contributed by atoms with Crippen molar-refractivity contribution >= 4 is 45.0 Å². The van der Waals surface area contributed by atoms with Crippen LogP contribution in [0.4, 0.5) is 11.4 Å². The van der Waals surface area contributed by atoms with Crippen LogP contribution in [0, 0.1) is 6.92 Å². The standard InChI is InChI=1S/C26H34N4O5S2/c1-3-28(21-7-4-6-20(2)16-21)11-5-10-27-25(31)18-30-23-17-22(8-9-24(23)36-19-26(30)32)37(33,34)29-12-14-35-15-13-29/h4,6-9,16-17H,3,5,10-15,18-19H2,1-2H3,(H,27,31). The first-order valence-corrected chi connectivity index (χ1v) is 15.0. The second-order valence-corrected chi connectivity index (χ2v) is 12.0. The van der Waals surface area contributed by atoms with Crippen LogP contribution < -0.4 is 15.1 Å². The summed E-state index contributed by atoms with van der Waals surface area (Å²) in [6.07, 6.45) is 0.760. The Labute approximate surface area is 223 Å². The third kappa shape index (κ3) is 6.64. The topological polar surface area (TPSA) is 99.3 Å². The minimum Gasteiger partial charge on any atom is -0.379 e. The molecule has 0 aromatic heterocycles. The largest absolute Gasteiger partial charge is 0.379 e. The fourth-order valence-electron chi connectivity index (χ4n) is 4.44. The first kappa shape index (κ1) is 27.4. The zero-order valence-electron chi connectivity index (χ0n) is 21.3. The highest BCUT2D eigenvalue weighted by molar-refractivity contribution is 8.00. The normalized spacial score (nSPS) is 16.4. The summed E-state index contributed by atoms with van der Waals surface area (Å²) < 4.78 is 32.9. The van der Waals surface area contributed by atoms with Crippen molar-refractivity contribution in [3.8, 4) is 0 Å². The Hall–Kier alpha value is -2.60. The fraction of sp³-hybridized carbons (Fsp3) is 0.462. The molecule has 1 fully saturated rings. The van der Waals surface area contributed by atoms with Gasteiger partial charge in [0.1, 0.15) is 6.54 Å². The average molecular weight is 547 g/mol. The van der Waals surface area contributed by atoms with Crippen molar-refractivity contribution in [2.75, 3.05) is 68.0 Å². The van der Waals surface area contributed by atoms with Gasteiger partial charge in [-0.05, 0) is 56.2 Å². The maximum atomic E-state index is 13.1. The van der Waals surface area contributed by atoms with E-state index in [-0.39, 0.29) is 29.0 Å². The highest BCUT2D eigenvalue weighted by Crippen LogP contribution is 2.37. The molecule has 0 unspecified atom stereocenters. The van der Waals surface area contributed by atoms with Gasteiger partial charge in [0.25, 0.3) is 0 Å². The lowest BCUT2D eigenvalue weighted by molar-refractivity contribution is -0.122. The van der Waals surface area contributed by atoms with E-state index in [0.29, 0.717) is 38.5 Å². The molecule has 37 heavy (non-hydrogen) atoms. The smallest absolute Gasteiger partial charge is 0.243 e. The van der Waals surface area contributed by atoms with Gasteiger partial charge in [-0.1, -0.05) is 12.1 Å². The molecule has 2 heterocycles. The van der Waals surface area contributed by atoms with Gasteiger partial charge in [-0.15, -0.1) is 11.8 Å². The van der Waals surface area contributed by atoms with E-state index in [1.165, 1.54) is 32.6 Å². The molecule has 0 aliphatic carbocycles. The van der Waals surface area contributed by atoms with Gasteiger partial charge in [-0.2, -0.15) is 4.31 Å². The van der Waals surface area contributed by atoms with E-state index in [2.05, 4.69) is 42.3 Å². The molecule has 1 saturated heterocycles. The van der Waals surface area contributed by atoms with E-state index in [1.807, 2.05) is 6.07 Å². The van der Waals surface area contributed by atoms with Crippen LogP contribution in [-0.2, 0) is 24.3 Å². The van der Waals surface area contributed by atoms with Crippen LogP contribution in [0.3, 0.4) is 0 Å². The van der Waals surface area contributed by atoms with Crippen molar-refractivity contribution in [1.82, 2.24) is 9.62 Å². The molecular weight excluding hydrogens is 512 g/mol. The Balaban J connectivity index is 1.37. The number of rotatable bonds is 10. The number of benzene rings is 2. The summed E-state index contributed by atoms with van der Waals surface area (Å²) in [5, 5.41) is 2.91. The molecule has 0 bridgehead atoms. The molecule has 2 amide bonds. The van der Waals surface area contributed by atoms with Crippen LogP contribution in [0.1, 0.15) is 18.9 Å². The van der Waals surface area contributed by atoms with Crippen molar-refractivity contribution in [2.24, 2.45) is 0 Å². The summed E-state index contributed by atoms with van der Waals surface area (Å²) in [6, 6.07) is 13.1. The number of hydrogen-bond acceptors (Lipinski definition) is 7. The quantitative estimate of drug-likeness (QED) is 0.457. The number of carbonyl (C=O) groups is 2. The van der Waals surface area contributed by atoms with Gasteiger partial charge in [-0.3, -0.25) is 9.59 Å². The molecule has 0 spiro atoms. The Morgan fingerprint density at radius 3 is 2.68 bits per heavy atom. The lowest BCUT2D eigenvalue weighted by Gasteiger charge is -2.30. The van der Waals surface area contributed by atoms with Crippen molar-refractivity contribution in [2.45, 2.75) is 30.1 Å².